The van der Waals surface area contributed by atoms with Crippen LogP contribution in [0.1, 0.15) is 73.6 Å². The van der Waals surface area contributed by atoms with Crippen molar-refractivity contribution < 1.29 is 30.9 Å². The van der Waals surface area contributed by atoms with E-state index in [4.69, 9.17) is 4.74 Å². The van der Waals surface area contributed by atoms with E-state index >= 15 is 0 Å². The van der Waals surface area contributed by atoms with Crippen LogP contribution in [0.25, 0.3) is 11.1 Å². The molecule has 0 bridgehead atoms. The Morgan fingerprint density at radius 1 is 0.690 bits per heavy atom. The van der Waals surface area contributed by atoms with Gasteiger partial charge in [-0.05, 0) is 84.1 Å². The van der Waals surface area contributed by atoms with Crippen LogP contribution in [-0.4, -0.2) is 34.4 Å². The molecule has 2 nitrogen and oxygen atoms in total. The normalized spacial score (nSPS) is 14.8. The quantitative estimate of drug-likeness (QED) is 0.135. The average molecular weight is 605 g/mol. The summed E-state index contributed by atoms with van der Waals surface area (Å²) in [4.78, 5) is 0. The standard InChI is InChI=1S/C34H37F5O2S/c35-33(36,34(37,38)39)22-11-25-42(40)24-9-2-1-8-23-41-29-20-18-28(19-21-29)32-30-16-7-6-14-27(30)15-10-17-31(32)26-12-4-3-5-13-26/h3-7,12-14,16,18-21H,1-2,8-11,15,17,22-25H2. The predicted octanol–water partition coefficient (Wildman–Crippen LogP) is 9.65. The molecule has 0 aromatic heterocycles. The topological polar surface area (TPSA) is 26.3 Å². The first-order valence-corrected chi connectivity index (χ1v) is 16.0. The van der Waals surface area contributed by atoms with E-state index in [2.05, 4.69) is 60.7 Å². The highest BCUT2D eigenvalue weighted by Crippen LogP contribution is 2.40. The van der Waals surface area contributed by atoms with E-state index in [0.717, 1.165) is 49.8 Å². The molecule has 4 rings (SSSR count). The molecule has 0 amide bonds. The highest BCUT2D eigenvalue weighted by Gasteiger charge is 2.56. The van der Waals surface area contributed by atoms with Crippen LogP contribution in [0.3, 0.4) is 0 Å². The van der Waals surface area contributed by atoms with E-state index in [1.165, 1.54) is 27.8 Å². The molecule has 3 aromatic carbocycles. The lowest BCUT2D eigenvalue weighted by Gasteiger charge is -2.19. The van der Waals surface area contributed by atoms with Crippen molar-refractivity contribution in [1.29, 1.82) is 0 Å². The van der Waals surface area contributed by atoms with Gasteiger partial charge >= 0.3 is 12.1 Å². The molecule has 1 aliphatic rings. The van der Waals surface area contributed by atoms with Crippen LogP contribution < -0.4 is 4.74 Å². The average Bonchev–Trinajstić information content (AvgIpc) is 3.17. The van der Waals surface area contributed by atoms with Gasteiger partial charge in [-0.2, -0.15) is 22.0 Å². The Kier molecular flexibility index (Phi) is 11.4. The maximum atomic E-state index is 12.9. The third-order valence-electron chi connectivity index (χ3n) is 7.54. The van der Waals surface area contributed by atoms with Crippen molar-refractivity contribution in [3.63, 3.8) is 0 Å². The van der Waals surface area contributed by atoms with Gasteiger partial charge in [-0.25, -0.2) is 0 Å². The van der Waals surface area contributed by atoms with Crippen molar-refractivity contribution in [1.82, 2.24) is 0 Å². The van der Waals surface area contributed by atoms with E-state index in [1.807, 2.05) is 18.2 Å². The summed E-state index contributed by atoms with van der Waals surface area (Å²) >= 11 is 0. The summed E-state index contributed by atoms with van der Waals surface area (Å²) in [6, 6.07) is 27.5. The van der Waals surface area contributed by atoms with Crippen molar-refractivity contribution in [2.75, 3.05) is 18.1 Å². The molecule has 0 radical (unpaired) electrons. The zero-order chi connectivity index (χ0) is 30.0. The van der Waals surface area contributed by atoms with Crippen molar-refractivity contribution in [3.8, 4) is 5.75 Å². The van der Waals surface area contributed by atoms with Crippen LogP contribution in [0.2, 0.25) is 0 Å². The zero-order valence-electron chi connectivity index (χ0n) is 23.6. The van der Waals surface area contributed by atoms with Crippen molar-refractivity contribution in [3.05, 3.63) is 101 Å². The second kappa shape index (κ2) is 14.9. The molecule has 42 heavy (non-hydrogen) atoms. The number of alkyl halides is 5. The third kappa shape index (κ3) is 8.76. The van der Waals surface area contributed by atoms with E-state index in [9.17, 15) is 26.2 Å². The lowest BCUT2D eigenvalue weighted by atomic mass is 9.88. The summed E-state index contributed by atoms with van der Waals surface area (Å²) in [7, 11) is -1.39. The van der Waals surface area contributed by atoms with E-state index in [-0.39, 0.29) is 5.75 Å². The highest BCUT2D eigenvalue weighted by molar-refractivity contribution is 7.84. The monoisotopic (exact) mass is 604 g/mol. The van der Waals surface area contributed by atoms with Gasteiger partial charge in [0.05, 0.1) is 6.61 Å². The number of benzene rings is 3. The Morgan fingerprint density at radius 2 is 1.36 bits per heavy atom. The van der Waals surface area contributed by atoms with E-state index in [1.54, 1.807) is 0 Å². The molecule has 0 spiro atoms. The number of unbranched alkanes of at least 4 members (excludes halogenated alkanes) is 3. The van der Waals surface area contributed by atoms with Gasteiger partial charge in [0.2, 0.25) is 0 Å². The molecular formula is C34H37F5O2S. The van der Waals surface area contributed by atoms with Gasteiger partial charge in [-0.3, -0.25) is 4.21 Å². The largest absolute Gasteiger partial charge is 0.494 e. The first-order valence-electron chi connectivity index (χ1n) is 14.6. The van der Waals surface area contributed by atoms with Gasteiger partial charge < -0.3 is 4.74 Å². The van der Waals surface area contributed by atoms with E-state index in [0.29, 0.717) is 18.8 Å². The van der Waals surface area contributed by atoms with Gasteiger partial charge in [0, 0.05) is 28.7 Å². The lowest BCUT2D eigenvalue weighted by molar-refractivity contribution is -0.284. The van der Waals surface area contributed by atoms with Crippen molar-refractivity contribution >= 4 is 21.9 Å². The molecule has 0 aliphatic heterocycles. The molecule has 0 heterocycles. The summed E-state index contributed by atoms with van der Waals surface area (Å²) < 4.78 is 80.4. The molecular weight excluding hydrogens is 567 g/mol. The Bertz CT molecular complexity index is 1330. The molecule has 0 saturated carbocycles. The fourth-order valence-electron chi connectivity index (χ4n) is 5.31. The molecule has 1 atom stereocenters. The smallest absolute Gasteiger partial charge is 0.453 e. The number of allylic oxidation sites excluding steroid dienone is 1. The number of hydrogen-bond acceptors (Lipinski definition) is 2. The minimum atomic E-state index is -5.55. The summed E-state index contributed by atoms with van der Waals surface area (Å²) in [5.41, 5.74) is 7.68. The molecule has 0 N–H and O–H groups in total. The number of halogens is 5. The second-order valence-corrected chi connectivity index (χ2v) is 12.4. The SMILES string of the molecule is O=S(CCCCCCOc1ccc(C2=C(c3ccccc3)CCCc3ccccc32)cc1)CCCC(F)(F)C(F)(F)F. The lowest BCUT2D eigenvalue weighted by Crippen LogP contribution is -2.36. The fraction of sp³-hybridized carbons (Fsp3) is 0.412. The van der Waals surface area contributed by atoms with Gasteiger partial charge in [-0.15, -0.1) is 0 Å². The Hall–Kier alpha value is -3.00. The molecule has 226 valence electrons. The summed E-state index contributed by atoms with van der Waals surface area (Å²) in [5, 5.41) is 0. The highest BCUT2D eigenvalue weighted by atomic mass is 32.2. The van der Waals surface area contributed by atoms with Crippen LogP contribution in [-0.2, 0) is 17.2 Å². The summed E-state index contributed by atoms with van der Waals surface area (Å²) in [6.45, 7) is 0.537. The van der Waals surface area contributed by atoms with Gasteiger partial charge in [0.15, 0.2) is 0 Å². The molecule has 0 fully saturated rings. The number of ether oxygens (including phenoxy) is 1. The maximum absolute atomic E-state index is 12.9. The predicted molar refractivity (Wildman–Crippen MR) is 160 cm³/mol. The van der Waals surface area contributed by atoms with Crippen LogP contribution in [0, 0.1) is 0 Å². The molecule has 3 aromatic rings. The first-order chi connectivity index (χ1) is 20.2. The molecule has 1 aliphatic carbocycles. The van der Waals surface area contributed by atoms with Crippen molar-refractivity contribution in [2.45, 2.75) is 69.9 Å². The minimum Gasteiger partial charge on any atom is -0.494 e. The zero-order valence-corrected chi connectivity index (χ0v) is 24.4. The Labute approximate surface area is 247 Å². The number of fused-ring (bicyclic) bond motifs is 1. The first kappa shape index (κ1) is 31.9. The summed E-state index contributed by atoms with van der Waals surface area (Å²) in [5.74, 6) is -3.76. The Morgan fingerprint density at radius 3 is 2.10 bits per heavy atom. The summed E-state index contributed by atoms with van der Waals surface area (Å²) in [6.07, 6.45) is -1.04. The number of hydrogen-bond donors (Lipinski definition) is 0. The van der Waals surface area contributed by atoms with Gasteiger partial charge in [0.1, 0.15) is 5.75 Å². The molecule has 1 unspecified atom stereocenters. The van der Waals surface area contributed by atoms with Gasteiger partial charge in [0.25, 0.3) is 0 Å². The van der Waals surface area contributed by atoms with Crippen LogP contribution in [0.5, 0.6) is 5.75 Å². The maximum Gasteiger partial charge on any atom is 0.453 e. The van der Waals surface area contributed by atoms with E-state index < -0.39 is 35.7 Å². The van der Waals surface area contributed by atoms with Crippen LogP contribution in [0.15, 0.2) is 78.9 Å². The van der Waals surface area contributed by atoms with Crippen molar-refractivity contribution in [2.24, 2.45) is 0 Å². The van der Waals surface area contributed by atoms with Crippen LogP contribution in [0.4, 0.5) is 22.0 Å². The number of aryl methyl sites for hydroxylation is 1. The fourth-order valence-corrected chi connectivity index (χ4v) is 6.51. The second-order valence-electron chi connectivity index (χ2n) is 10.7. The van der Waals surface area contributed by atoms with Gasteiger partial charge in [-0.1, -0.05) is 79.6 Å². The number of rotatable bonds is 14. The Balaban J connectivity index is 1.24. The molecule has 8 heteroatoms. The minimum absolute atomic E-state index is 0.139. The third-order valence-corrected chi connectivity index (χ3v) is 9.03. The van der Waals surface area contributed by atoms with Crippen LogP contribution >= 0.6 is 0 Å². The molecule has 0 saturated heterocycles.